The highest BCUT2D eigenvalue weighted by Gasteiger charge is 2.33. The molecular formula is C16H23NO3. The van der Waals surface area contributed by atoms with E-state index >= 15 is 0 Å². The lowest BCUT2D eigenvalue weighted by atomic mass is 9.94. The van der Waals surface area contributed by atoms with Gasteiger partial charge in [-0.3, -0.25) is 4.79 Å². The molecule has 1 aliphatic rings. The number of hydrogen-bond acceptors (Lipinski definition) is 4. The number of carbonyl (C=O) groups is 1. The highest BCUT2D eigenvalue weighted by atomic mass is 16.5. The van der Waals surface area contributed by atoms with Gasteiger partial charge in [0.2, 0.25) is 0 Å². The van der Waals surface area contributed by atoms with Gasteiger partial charge >= 0.3 is 5.97 Å². The average Bonchev–Trinajstić information content (AvgIpc) is 2.49. The Hall–Kier alpha value is -1.39. The van der Waals surface area contributed by atoms with Crippen LogP contribution < -0.4 is 5.32 Å². The lowest BCUT2D eigenvalue weighted by molar-refractivity contribution is -0.154. The fraction of sp³-hybridized carbons (Fsp3) is 0.562. The lowest BCUT2D eigenvalue weighted by Crippen LogP contribution is -2.47. The first kappa shape index (κ1) is 15.0. The Balaban J connectivity index is 2.00. The maximum absolute atomic E-state index is 12.0. The summed E-state index contributed by atoms with van der Waals surface area (Å²) in [4.78, 5) is 12.0. The summed E-state index contributed by atoms with van der Waals surface area (Å²) in [7, 11) is 0. The van der Waals surface area contributed by atoms with E-state index in [2.05, 4.69) is 24.4 Å². The number of nitrogens with one attached hydrogen (secondary N) is 1. The predicted molar refractivity (Wildman–Crippen MR) is 77.3 cm³/mol. The molecule has 0 spiro atoms. The van der Waals surface area contributed by atoms with Gasteiger partial charge in [-0.15, -0.1) is 0 Å². The Bertz CT molecular complexity index is 421. The first-order valence-corrected chi connectivity index (χ1v) is 7.27. The number of esters is 1. The summed E-state index contributed by atoms with van der Waals surface area (Å²) < 4.78 is 10.6. The molecule has 1 fully saturated rings. The number of carbonyl (C=O) groups excluding carboxylic acids is 1. The summed E-state index contributed by atoms with van der Waals surface area (Å²) in [5.41, 5.74) is 1.22. The van der Waals surface area contributed by atoms with Gasteiger partial charge in [-0.1, -0.05) is 30.3 Å². The second-order valence-electron chi connectivity index (χ2n) is 5.13. The van der Waals surface area contributed by atoms with Crippen molar-refractivity contribution in [2.24, 2.45) is 5.92 Å². The summed E-state index contributed by atoms with van der Waals surface area (Å²) in [6.07, 6.45) is 0.834. The molecule has 0 aromatic heterocycles. The van der Waals surface area contributed by atoms with Gasteiger partial charge in [-0.25, -0.2) is 0 Å². The van der Waals surface area contributed by atoms with E-state index in [1.165, 1.54) is 5.56 Å². The molecule has 3 atom stereocenters. The number of hydrogen-bond donors (Lipinski definition) is 1. The Morgan fingerprint density at radius 2 is 2.20 bits per heavy atom. The van der Waals surface area contributed by atoms with E-state index in [4.69, 9.17) is 9.47 Å². The normalized spacial score (nSPS) is 24.1. The largest absolute Gasteiger partial charge is 0.466 e. The monoisotopic (exact) mass is 277 g/mol. The lowest BCUT2D eigenvalue weighted by Gasteiger charge is -2.33. The van der Waals surface area contributed by atoms with Gasteiger partial charge < -0.3 is 14.8 Å². The van der Waals surface area contributed by atoms with Crippen molar-refractivity contribution in [2.75, 3.05) is 19.8 Å². The Morgan fingerprint density at radius 3 is 2.90 bits per heavy atom. The molecule has 20 heavy (non-hydrogen) atoms. The zero-order valence-corrected chi connectivity index (χ0v) is 12.2. The van der Waals surface area contributed by atoms with Crippen LogP contribution in [0.25, 0.3) is 0 Å². The van der Waals surface area contributed by atoms with Gasteiger partial charge in [-0.05, 0) is 25.8 Å². The fourth-order valence-electron chi connectivity index (χ4n) is 2.58. The summed E-state index contributed by atoms with van der Waals surface area (Å²) >= 11 is 0. The molecule has 0 saturated carbocycles. The van der Waals surface area contributed by atoms with E-state index in [1.807, 2.05) is 25.1 Å². The fourth-order valence-corrected chi connectivity index (χ4v) is 2.58. The molecule has 0 amide bonds. The van der Waals surface area contributed by atoms with Crippen molar-refractivity contribution >= 4 is 5.97 Å². The van der Waals surface area contributed by atoms with Crippen molar-refractivity contribution in [3.8, 4) is 0 Å². The zero-order valence-electron chi connectivity index (χ0n) is 12.2. The van der Waals surface area contributed by atoms with E-state index in [0.717, 1.165) is 6.42 Å². The van der Waals surface area contributed by atoms with Crippen molar-refractivity contribution < 1.29 is 14.3 Å². The highest BCUT2D eigenvalue weighted by Crippen LogP contribution is 2.21. The zero-order chi connectivity index (χ0) is 14.4. The van der Waals surface area contributed by atoms with Gasteiger partial charge in [0, 0.05) is 18.7 Å². The van der Waals surface area contributed by atoms with Crippen LogP contribution in [0.4, 0.5) is 0 Å². The van der Waals surface area contributed by atoms with Crippen LogP contribution in [-0.4, -0.2) is 31.8 Å². The number of rotatable bonds is 5. The van der Waals surface area contributed by atoms with Crippen LogP contribution in [0.3, 0.4) is 0 Å². The molecule has 1 aromatic carbocycles. The third-order valence-corrected chi connectivity index (χ3v) is 3.71. The molecule has 1 saturated heterocycles. The van der Waals surface area contributed by atoms with Crippen molar-refractivity contribution in [1.82, 2.24) is 5.32 Å². The van der Waals surface area contributed by atoms with Gasteiger partial charge in [0.05, 0.1) is 19.1 Å². The quantitative estimate of drug-likeness (QED) is 0.839. The number of ether oxygens (including phenoxy) is 2. The van der Waals surface area contributed by atoms with Crippen molar-refractivity contribution in [3.63, 3.8) is 0 Å². The predicted octanol–water partition coefficient (Wildman–Crippen LogP) is 2.31. The minimum atomic E-state index is -0.213. The smallest absolute Gasteiger partial charge is 0.312 e. The Kier molecular flexibility index (Phi) is 5.56. The molecule has 0 radical (unpaired) electrons. The second-order valence-corrected chi connectivity index (χ2v) is 5.13. The molecule has 0 bridgehead atoms. The third-order valence-electron chi connectivity index (χ3n) is 3.71. The summed E-state index contributed by atoms with van der Waals surface area (Å²) in [5.74, 6) is -0.375. The van der Waals surface area contributed by atoms with E-state index < -0.39 is 0 Å². The van der Waals surface area contributed by atoms with Gasteiger partial charge in [0.1, 0.15) is 0 Å². The average molecular weight is 277 g/mol. The first-order valence-electron chi connectivity index (χ1n) is 7.27. The molecule has 0 aliphatic carbocycles. The molecule has 1 heterocycles. The summed E-state index contributed by atoms with van der Waals surface area (Å²) in [6, 6.07) is 10.6. The summed E-state index contributed by atoms with van der Waals surface area (Å²) in [6.45, 7) is 5.49. The molecule has 1 N–H and O–H groups in total. The van der Waals surface area contributed by atoms with Crippen LogP contribution in [-0.2, 0) is 14.3 Å². The minimum Gasteiger partial charge on any atom is -0.466 e. The molecule has 4 heteroatoms. The topological polar surface area (TPSA) is 47.6 Å². The van der Waals surface area contributed by atoms with Crippen molar-refractivity contribution in [3.05, 3.63) is 35.9 Å². The molecule has 110 valence electrons. The van der Waals surface area contributed by atoms with E-state index in [0.29, 0.717) is 19.8 Å². The van der Waals surface area contributed by atoms with Crippen LogP contribution >= 0.6 is 0 Å². The van der Waals surface area contributed by atoms with E-state index in [9.17, 15) is 4.79 Å². The molecular weight excluding hydrogens is 254 g/mol. The van der Waals surface area contributed by atoms with Crippen molar-refractivity contribution in [1.29, 1.82) is 0 Å². The number of benzene rings is 1. The minimum absolute atomic E-state index is 0.109. The van der Waals surface area contributed by atoms with E-state index in [1.54, 1.807) is 0 Å². The first-order chi connectivity index (χ1) is 9.72. The Labute approximate surface area is 120 Å². The van der Waals surface area contributed by atoms with Crippen LogP contribution in [0.2, 0.25) is 0 Å². The molecule has 1 unspecified atom stereocenters. The van der Waals surface area contributed by atoms with Gasteiger partial charge in [0.25, 0.3) is 0 Å². The second kappa shape index (κ2) is 7.41. The molecule has 1 aromatic rings. The third kappa shape index (κ3) is 3.81. The molecule has 4 nitrogen and oxygen atoms in total. The van der Waals surface area contributed by atoms with Gasteiger partial charge in [-0.2, -0.15) is 0 Å². The molecule has 2 rings (SSSR count). The molecule has 1 aliphatic heterocycles. The van der Waals surface area contributed by atoms with E-state index in [-0.39, 0.29) is 24.0 Å². The summed E-state index contributed by atoms with van der Waals surface area (Å²) in [5, 5.41) is 3.54. The standard InChI is InChI=1S/C16H23NO3/c1-3-20-16(18)14-11-19-10-9-15(14)17-12(2)13-7-5-4-6-8-13/h4-8,12,14-15,17H,3,9-11H2,1-2H3/t12-,14-,15?/m0/s1. The van der Waals surface area contributed by atoms with Crippen molar-refractivity contribution in [2.45, 2.75) is 32.4 Å². The Morgan fingerprint density at radius 1 is 1.45 bits per heavy atom. The van der Waals surface area contributed by atoms with Crippen LogP contribution in [0.1, 0.15) is 31.9 Å². The van der Waals surface area contributed by atoms with Gasteiger partial charge in [0.15, 0.2) is 0 Å². The van der Waals surface area contributed by atoms with Crippen LogP contribution in [0, 0.1) is 5.92 Å². The SMILES string of the molecule is CCOC(=O)[C@H]1COCCC1N[C@@H](C)c1ccccc1. The van der Waals surface area contributed by atoms with Crippen LogP contribution in [0.15, 0.2) is 30.3 Å². The maximum Gasteiger partial charge on any atom is 0.312 e. The highest BCUT2D eigenvalue weighted by molar-refractivity contribution is 5.73. The maximum atomic E-state index is 12.0. The van der Waals surface area contributed by atoms with Crippen LogP contribution in [0.5, 0.6) is 0 Å².